The summed E-state index contributed by atoms with van der Waals surface area (Å²) in [5.41, 5.74) is 0.792. The number of rotatable bonds is 4. The third-order valence-corrected chi connectivity index (χ3v) is 2.83. The quantitative estimate of drug-likeness (QED) is 0.866. The molecule has 0 spiro atoms. The van der Waals surface area contributed by atoms with Gasteiger partial charge in [-0.25, -0.2) is 4.98 Å². The summed E-state index contributed by atoms with van der Waals surface area (Å²) >= 11 is 0. The second-order valence-electron chi connectivity index (χ2n) is 4.10. The van der Waals surface area contributed by atoms with Crippen LogP contribution in [-0.2, 0) is 7.05 Å². The van der Waals surface area contributed by atoms with Crippen LogP contribution >= 0.6 is 0 Å². The zero-order valence-electron chi connectivity index (χ0n) is 10.2. The SMILES string of the molecule is CCC(c1nc(-c2cncn2C)no1)C(C)O. The number of hydrogen-bond donors (Lipinski definition) is 1. The molecule has 0 aromatic carbocycles. The standard InChI is InChI=1S/C11H16N4O2/c1-4-8(7(2)16)11-13-10(14-17-11)9-5-12-6-15(9)3/h5-8,16H,4H2,1-3H3. The molecule has 17 heavy (non-hydrogen) atoms. The molecule has 92 valence electrons. The van der Waals surface area contributed by atoms with Crippen LogP contribution in [0.3, 0.4) is 0 Å². The third-order valence-electron chi connectivity index (χ3n) is 2.83. The topological polar surface area (TPSA) is 77.0 Å². The zero-order valence-corrected chi connectivity index (χ0v) is 10.2. The average molecular weight is 236 g/mol. The average Bonchev–Trinajstić information content (AvgIpc) is 2.87. The number of aliphatic hydroxyl groups is 1. The van der Waals surface area contributed by atoms with E-state index in [0.717, 1.165) is 12.1 Å². The lowest BCUT2D eigenvalue weighted by Gasteiger charge is -2.12. The Labute approximate surface area is 99.3 Å². The van der Waals surface area contributed by atoms with E-state index >= 15 is 0 Å². The van der Waals surface area contributed by atoms with E-state index in [0.29, 0.717) is 11.7 Å². The normalized spacial score (nSPS) is 14.8. The largest absolute Gasteiger partial charge is 0.393 e. The lowest BCUT2D eigenvalue weighted by atomic mass is 10.0. The number of imidazole rings is 1. The second-order valence-corrected chi connectivity index (χ2v) is 4.10. The smallest absolute Gasteiger partial charge is 0.232 e. The first-order chi connectivity index (χ1) is 8.13. The molecule has 0 amide bonds. The molecule has 0 saturated carbocycles. The van der Waals surface area contributed by atoms with E-state index in [1.54, 1.807) is 19.4 Å². The molecule has 6 heteroatoms. The minimum absolute atomic E-state index is 0.121. The molecule has 2 atom stereocenters. The van der Waals surface area contributed by atoms with Crippen molar-refractivity contribution >= 4 is 0 Å². The Hall–Kier alpha value is -1.69. The maximum Gasteiger partial charge on any atom is 0.232 e. The lowest BCUT2D eigenvalue weighted by Crippen LogP contribution is -2.14. The van der Waals surface area contributed by atoms with Crippen molar-refractivity contribution in [2.45, 2.75) is 32.3 Å². The van der Waals surface area contributed by atoms with Gasteiger partial charge < -0.3 is 14.2 Å². The monoisotopic (exact) mass is 236 g/mol. The van der Waals surface area contributed by atoms with Gasteiger partial charge in [0.15, 0.2) is 0 Å². The van der Waals surface area contributed by atoms with E-state index < -0.39 is 6.10 Å². The van der Waals surface area contributed by atoms with Crippen molar-refractivity contribution < 1.29 is 9.63 Å². The molecule has 0 radical (unpaired) electrons. The Morgan fingerprint density at radius 2 is 2.29 bits per heavy atom. The fourth-order valence-electron chi connectivity index (χ4n) is 1.78. The van der Waals surface area contributed by atoms with Crippen molar-refractivity contribution in [1.82, 2.24) is 19.7 Å². The summed E-state index contributed by atoms with van der Waals surface area (Å²) in [6.07, 6.45) is 3.61. The van der Waals surface area contributed by atoms with Crippen molar-refractivity contribution in [1.29, 1.82) is 0 Å². The summed E-state index contributed by atoms with van der Waals surface area (Å²) in [5, 5.41) is 13.5. The third kappa shape index (κ3) is 2.21. The van der Waals surface area contributed by atoms with Crippen LogP contribution in [-0.4, -0.2) is 30.9 Å². The molecule has 2 heterocycles. The lowest BCUT2D eigenvalue weighted by molar-refractivity contribution is 0.141. The predicted octanol–water partition coefficient (Wildman–Crippen LogP) is 1.34. The van der Waals surface area contributed by atoms with Crippen molar-refractivity contribution in [2.75, 3.05) is 0 Å². The molecule has 0 aliphatic rings. The van der Waals surface area contributed by atoms with Crippen LogP contribution < -0.4 is 0 Å². The van der Waals surface area contributed by atoms with Crippen molar-refractivity contribution in [2.24, 2.45) is 7.05 Å². The summed E-state index contributed by atoms with van der Waals surface area (Å²) in [4.78, 5) is 8.31. The van der Waals surface area contributed by atoms with Crippen molar-refractivity contribution in [3.8, 4) is 11.5 Å². The number of nitrogens with zero attached hydrogens (tertiary/aromatic N) is 4. The van der Waals surface area contributed by atoms with E-state index in [1.165, 1.54) is 0 Å². The van der Waals surface area contributed by atoms with Gasteiger partial charge in [0.05, 0.1) is 24.5 Å². The second kappa shape index (κ2) is 4.67. The molecule has 2 aromatic rings. The first kappa shape index (κ1) is 11.8. The van der Waals surface area contributed by atoms with E-state index in [-0.39, 0.29) is 5.92 Å². The fraction of sp³-hybridized carbons (Fsp3) is 0.545. The van der Waals surface area contributed by atoms with Gasteiger partial charge in [0.1, 0.15) is 5.69 Å². The molecular weight excluding hydrogens is 220 g/mol. The highest BCUT2D eigenvalue weighted by molar-refractivity contribution is 5.47. The molecule has 6 nitrogen and oxygen atoms in total. The summed E-state index contributed by atoms with van der Waals surface area (Å²) in [7, 11) is 1.87. The first-order valence-electron chi connectivity index (χ1n) is 5.61. The Bertz CT molecular complexity index is 489. The van der Waals surface area contributed by atoms with Gasteiger partial charge in [-0.1, -0.05) is 12.1 Å². The van der Waals surface area contributed by atoms with E-state index in [4.69, 9.17) is 4.52 Å². The number of hydrogen-bond acceptors (Lipinski definition) is 5. The molecule has 1 N–H and O–H groups in total. The molecule has 2 rings (SSSR count). The Balaban J connectivity index is 2.30. The Morgan fingerprint density at radius 1 is 1.53 bits per heavy atom. The summed E-state index contributed by atoms with van der Waals surface area (Å²) in [6, 6.07) is 0. The first-order valence-corrected chi connectivity index (χ1v) is 5.61. The van der Waals surface area contributed by atoms with E-state index in [2.05, 4.69) is 15.1 Å². The minimum atomic E-state index is -0.500. The van der Waals surface area contributed by atoms with Crippen LogP contribution in [0.1, 0.15) is 32.1 Å². The van der Waals surface area contributed by atoms with Crippen LogP contribution in [0.15, 0.2) is 17.0 Å². The number of aliphatic hydroxyl groups excluding tert-OH is 1. The molecule has 0 saturated heterocycles. The van der Waals surface area contributed by atoms with Crippen LogP contribution in [0, 0.1) is 0 Å². The predicted molar refractivity (Wildman–Crippen MR) is 61.2 cm³/mol. The van der Waals surface area contributed by atoms with Gasteiger partial charge in [0, 0.05) is 7.05 Å². The molecule has 2 unspecified atom stereocenters. The van der Waals surface area contributed by atoms with Crippen molar-refractivity contribution in [3.05, 3.63) is 18.4 Å². The van der Waals surface area contributed by atoms with Crippen LogP contribution in [0.4, 0.5) is 0 Å². The molecule has 0 aliphatic heterocycles. The highest BCUT2D eigenvalue weighted by atomic mass is 16.5. The van der Waals surface area contributed by atoms with Gasteiger partial charge in [-0.3, -0.25) is 0 Å². The number of aryl methyl sites for hydroxylation is 1. The summed E-state index contributed by atoms with van der Waals surface area (Å²) in [6.45, 7) is 3.70. The zero-order chi connectivity index (χ0) is 12.4. The summed E-state index contributed by atoms with van der Waals surface area (Å²) < 4.78 is 7.01. The maximum absolute atomic E-state index is 9.61. The van der Waals surface area contributed by atoms with Gasteiger partial charge in [0.2, 0.25) is 11.7 Å². The molecule has 0 bridgehead atoms. The van der Waals surface area contributed by atoms with Gasteiger partial charge >= 0.3 is 0 Å². The van der Waals surface area contributed by atoms with Crippen LogP contribution in [0.2, 0.25) is 0 Å². The van der Waals surface area contributed by atoms with E-state index in [9.17, 15) is 5.11 Å². The van der Waals surface area contributed by atoms with Crippen LogP contribution in [0.5, 0.6) is 0 Å². The maximum atomic E-state index is 9.61. The molecule has 0 fully saturated rings. The number of aromatic nitrogens is 4. The fourth-order valence-corrected chi connectivity index (χ4v) is 1.78. The summed E-state index contributed by atoms with van der Waals surface area (Å²) in [5.74, 6) is 0.849. The Kier molecular flexibility index (Phi) is 3.23. The molecule has 2 aromatic heterocycles. The molecule has 0 aliphatic carbocycles. The highest BCUT2D eigenvalue weighted by Crippen LogP contribution is 2.24. The van der Waals surface area contributed by atoms with Gasteiger partial charge in [-0.15, -0.1) is 0 Å². The van der Waals surface area contributed by atoms with Gasteiger partial charge in [-0.2, -0.15) is 4.98 Å². The minimum Gasteiger partial charge on any atom is -0.393 e. The van der Waals surface area contributed by atoms with Crippen LogP contribution in [0.25, 0.3) is 11.5 Å². The van der Waals surface area contributed by atoms with Gasteiger partial charge in [-0.05, 0) is 13.3 Å². The molecular formula is C11H16N4O2. The van der Waals surface area contributed by atoms with E-state index in [1.807, 2.05) is 18.5 Å². The van der Waals surface area contributed by atoms with Gasteiger partial charge in [0.25, 0.3) is 0 Å². The van der Waals surface area contributed by atoms with Crippen molar-refractivity contribution in [3.63, 3.8) is 0 Å². The Morgan fingerprint density at radius 3 is 2.82 bits per heavy atom. The highest BCUT2D eigenvalue weighted by Gasteiger charge is 2.23.